The summed E-state index contributed by atoms with van der Waals surface area (Å²) in [4.78, 5) is 30.1. The third-order valence-corrected chi connectivity index (χ3v) is 4.38. The van der Waals surface area contributed by atoms with E-state index in [9.17, 15) is 9.59 Å². The van der Waals surface area contributed by atoms with Crippen molar-refractivity contribution in [3.05, 3.63) is 52.0 Å². The zero-order valence-electron chi connectivity index (χ0n) is 15.1. The molecule has 26 heavy (non-hydrogen) atoms. The molecule has 0 N–H and O–H groups in total. The van der Waals surface area contributed by atoms with Gasteiger partial charge in [0.2, 0.25) is 5.91 Å². The summed E-state index contributed by atoms with van der Waals surface area (Å²) >= 11 is 1.35. The lowest BCUT2D eigenvalue weighted by atomic mass is 10.2. The van der Waals surface area contributed by atoms with Crippen LogP contribution in [-0.2, 0) is 27.4 Å². The first kappa shape index (κ1) is 20.1. The van der Waals surface area contributed by atoms with Crippen LogP contribution in [0.2, 0.25) is 0 Å². The predicted octanol–water partition coefficient (Wildman–Crippen LogP) is 3.28. The second-order valence-corrected chi connectivity index (χ2v) is 6.58. The van der Waals surface area contributed by atoms with E-state index >= 15 is 0 Å². The highest BCUT2D eigenvalue weighted by molar-refractivity contribution is 7.09. The second-order valence-electron chi connectivity index (χ2n) is 5.64. The number of benzene rings is 1. The largest absolute Gasteiger partial charge is 0.461 e. The van der Waals surface area contributed by atoms with E-state index in [0.717, 1.165) is 12.0 Å². The van der Waals surface area contributed by atoms with E-state index in [1.807, 2.05) is 37.3 Å². The molecule has 0 spiro atoms. The molecule has 2 aromatic rings. The highest BCUT2D eigenvalue weighted by atomic mass is 32.1. The molecule has 0 bridgehead atoms. The van der Waals surface area contributed by atoms with Crippen LogP contribution in [-0.4, -0.2) is 41.5 Å². The molecule has 7 heteroatoms. The van der Waals surface area contributed by atoms with E-state index in [1.54, 1.807) is 17.2 Å². The van der Waals surface area contributed by atoms with Crippen molar-refractivity contribution in [1.29, 1.82) is 0 Å². The SMILES string of the molecule is CCCN(Cc1nc(C(=O)OCC)cs1)C(=O)COCc1ccccc1. The normalized spacial score (nSPS) is 10.5. The molecule has 0 unspecified atom stereocenters. The molecule has 140 valence electrons. The molecule has 0 aliphatic heterocycles. The fourth-order valence-electron chi connectivity index (χ4n) is 2.33. The molecular formula is C19H24N2O4S. The van der Waals surface area contributed by atoms with E-state index in [0.29, 0.717) is 31.3 Å². The van der Waals surface area contributed by atoms with Gasteiger partial charge in [-0.15, -0.1) is 11.3 Å². The van der Waals surface area contributed by atoms with Crippen molar-refractivity contribution in [1.82, 2.24) is 9.88 Å². The van der Waals surface area contributed by atoms with Gasteiger partial charge in [-0.2, -0.15) is 0 Å². The first-order chi connectivity index (χ1) is 12.6. The van der Waals surface area contributed by atoms with Crippen LogP contribution in [0.25, 0.3) is 0 Å². The standard InChI is InChI=1S/C19H24N2O4S/c1-3-10-21(11-17-20-16(14-26-17)19(23)25-4-2)18(22)13-24-12-15-8-6-5-7-9-15/h5-9,14H,3-4,10-13H2,1-2H3. The first-order valence-corrected chi connectivity index (χ1v) is 9.53. The van der Waals surface area contributed by atoms with Crippen LogP contribution < -0.4 is 0 Å². The number of amides is 1. The first-order valence-electron chi connectivity index (χ1n) is 8.65. The number of aromatic nitrogens is 1. The number of ether oxygens (including phenoxy) is 2. The Morgan fingerprint density at radius 1 is 1.19 bits per heavy atom. The highest BCUT2D eigenvalue weighted by Crippen LogP contribution is 2.14. The van der Waals surface area contributed by atoms with Gasteiger partial charge in [0.1, 0.15) is 11.6 Å². The van der Waals surface area contributed by atoms with Crippen molar-refractivity contribution in [3.63, 3.8) is 0 Å². The maximum Gasteiger partial charge on any atom is 0.357 e. The minimum absolute atomic E-state index is 0.0189. The molecule has 0 atom stereocenters. The zero-order valence-corrected chi connectivity index (χ0v) is 16.0. The minimum atomic E-state index is -0.436. The second kappa shape index (κ2) is 10.7. The Morgan fingerprint density at radius 3 is 2.65 bits per heavy atom. The number of rotatable bonds is 10. The summed E-state index contributed by atoms with van der Waals surface area (Å²) < 4.78 is 10.5. The third-order valence-electron chi connectivity index (χ3n) is 3.55. The molecular weight excluding hydrogens is 352 g/mol. The minimum Gasteiger partial charge on any atom is -0.461 e. The van der Waals surface area contributed by atoms with Crippen molar-refractivity contribution in [2.75, 3.05) is 19.8 Å². The number of nitrogens with zero attached hydrogens (tertiary/aromatic N) is 2. The number of thiazole rings is 1. The lowest BCUT2D eigenvalue weighted by molar-refractivity contribution is -0.137. The van der Waals surface area contributed by atoms with Gasteiger partial charge in [0.25, 0.3) is 0 Å². The Balaban J connectivity index is 1.88. The monoisotopic (exact) mass is 376 g/mol. The van der Waals surface area contributed by atoms with Crippen LogP contribution in [0.4, 0.5) is 0 Å². The Kier molecular flexibility index (Phi) is 8.24. The van der Waals surface area contributed by atoms with Crippen LogP contribution in [0.5, 0.6) is 0 Å². The van der Waals surface area contributed by atoms with Gasteiger partial charge in [0, 0.05) is 11.9 Å². The van der Waals surface area contributed by atoms with Crippen LogP contribution in [0, 0.1) is 0 Å². The summed E-state index contributed by atoms with van der Waals surface area (Å²) in [5.74, 6) is -0.523. The summed E-state index contributed by atoms with van der Waals surface area (Å²) in [6.07, 6.45) is 0.834. The Hall–Kier alpha value is -2.25. The zero-order chi connectivity index (χ0) is 18.8. The smallest absolute Gasteiger partial charge is 0.357 e. The number of esters is 1. The summed E-state index contributed by atoms with van der Waals surface area (Å²) in [6.45, 7) is 5.47. The van der Waals surface area contributed by atoms with Crippen LogP contribution in [0.1, 0.15) is 41.3 Å². The third kappa shape index (κ3) is 6.24. The Morgan fingerprint density at radius 2 is 1.96 bits per heavy atom. The average molecular weight is 376 g/mol. The van der Waals surface area contributed by atoms with Gasteiger partial charge in [0.15, 0.2) is 5.69 Å². The van der Waals surface area contributed by atoms with Crippen molar-refractivity contribution >= 4 is 23.2 Å². The average Bonchev–Trinajstić information content (AvgIpc) is 3.11. The van der Waals surface area contributed by atoms with Gasteiger partial charge in [-0.25, -0.2) is 9.78 Å². The van der Waals surface area contributed by atoms with E-state index < -0.39 is 5.97 Å². The van der Waals surface area contributed by atoms with Gasteiger partial charge >= 0.3 is 5.97 Å². The van der Waals surface area contributed by atoms with Crippen molar-refractivity contribution < 1.29 is 19.1 Å². The van der Waals surface area contributed by atoms with E-state index in [1.165, 1.54) is 11.3 Å². The molecule has 0 aliphatic rings. The lowest BCUT2D eigenvalue weighted by Crippen LogP contribution is -2.34. The molecule has 0 saturated carbocycles. The lowest BCUT2D eigenvalue weighted by Gasteiger charge is -2.21. The van der Waals surface area contributed by atoms with Gasteiger partial charge in [-0.3, -0.25) is 4.79 Å². The Labute approximate surface area is 157 Å². The molecule has 1 aromatic heterocycles. The summed E-state index contributed by atoms with van der Waals surface area (Å²) in [5.41, 5.74) is 1.32. The van der Waals surface area contributed by atoms with E-state index in [4.69, 9.17) is 9.47 Å². The van der Waals surface area contributed by atoms with E-state index in [2.05, 4.69) is 4.98 Å². The summed E-state index contributed by atoms with van der Waals surface area (Å²) in [5, 5.41) is 2.37. The van der Waals surface area contributed by atoms with Crippen molar-refractivity contribution in [2.45, 2.75) is 33.4 Å². The summed E-state index contributed by atoms with van der Waals surface area (Å²) in [7, 11) is 0. The Bertz CT molecular complexity index is 703. The van der Waals surface area contributed by atoms with Gasteiger partial charge in [-0.1, -0.05) is 37.3 Å². The summed E-state index contributed by atoms with van der Waals surface area (Å²) in [6, 6.07) is 9.73. The molecule has 2 rings (SSSR count). The number of hydrogen-bond acceptors (Lipinski definition) is 6. The number of hydrogen-bond donors (Lipinski definition) is 0. The predicted molar refractivity (Wildman–Crippen MR) is 99.9 cm³/mol. The van der Waals surface area contributed by atoms with Gasteiger partial charge in [-0.05, 0) is 18.9 Å². The molecule has 0 radical (unpaired) electrons. The number of carbonyl (C=O) groups is 2. The van der Waals surface area contributed by atoms with Crippen LogP contribution >= 0.6 is 11.3 Å². The van der Waals surface area contributed by atoms with Crippen LogP contribution in [0.15, 0.2) is 35.7 Å². The number of carbonyl (C=O) groups excluding carboxylic acids is 2. The molecule has 6 nitrogen and oxygen atoms in total. The van der Waals surface area contributed by atoms with Gasteiger partial charge in [0.05, 0.1) is 19.8 Å². The fourth-order valence-corrected chi connectivity index (χ4v) is 3.11. The van der Waals surface area contributed by atoms with Crippen LogP contribution in [0.3, 0.4) is 0 Å². The quantitative estimate of drug-likeness (QED) is 0.595. The molecule has 1 amide bonds. The topological polar surface area (TPSA) is 68.7 Å². The molecule has 0 fully saturated rings. The van der Waals surface area contributed by atoms with Gasteiger partial charge < -0.3 is 14.4 Å². The maximum atomic E-state index is 12.5. The molecule has 1 aromatic carbocycles. The maximum absolute atomic E-state index is 12.5. The highest BCUT2D eigenvalue weighted by Gasteiger charge is 2.17. The van der Waals surface area contributed by atoms with Crippen molar-refractivity contribution in [2.24, 2.45) is 0 Å². The molecule has 1 heterocycles. The molecule has 0 saturated heterocycles. The van der Waals surface area contributed by atoms with Crippen molar-refractivity contribution in [3.8, 4) is 0 Å². The van der Waals surface area contributed by atoms with E-state index in [-0.39, 0.29) is 18.2 Å². The fraction of sp³-hybridized carbons (Fsp3) is 0.421. The molecule has 0 aliphatic carbocycles.